The summed E-state index contributed by atoms with van der Waals surface area (Å²) in [5, 5.41) is 2.86. The van der Waals surface area contributed by atoms with Crippen LogP contribution in [-0.4, -0.2) is 28.4 Å². The molecule has 0 spiro atoms. The Bertz CT molecular complexity index is 257. The first-order chi connectivity index (χ1) is 6.22. The summed E-state index contributed by atoms with van der Waals surface area (Å²) in [6, 6.07) is 0. The van der Waals surface area contributed by atoms with E-state index in [1.807, 2.05) is 13.8 Å². The van der Waals surface area contributed by atoms with Crippen molar-refractivity contribution in [1.82, 2.24) is 15.0 Å². The zero-order valence-corrected chi connectivity index (χ0v) is 7.74. The second-order valence-electron chi connectivity index (χ2n) is 2.45. The van der Waals surface area contributed by atoms with Gasteiger partial charge in [-0.1, -0.05) is 0 Å². The van der Waals surface area contributed by atoms with Crippen LogP contribution in [0.25, 0.3) is 0 Å². The van der Waals surface area contributed by atoms with Gasteiger partial charge in [0.15, 0.2) is 0 Å². The van der Waals surface area contributed by atoms with Crippen molar-refractivity contribution in [1.29, 1.82) is 0 Å². The number of anilines is 1. The number of hydrogen-bond donors (Lipinski definition) is 2. The molecule has 13 heavy (non-hydrogen) atoms. The SMILES string of the molecule is Cc1nc(C)nc(NCOCN)n1. The van der Waals surface area contributed by atoms with Gasteiger partial charge in [-0.25, -0.2) is 4.98 Å². The normalized spacial score (nSPS) is 10.1. The molecule has 0 unspecified atom stereocenters. The van der Waals surface area contributed by atoms with Crippen LogP contribution in [0.15, 0.2) is 0 Å². The number of aryl methyl sites for hydroxylation is 2. The Kier molecular flexibility index (Phi) is 3.53. The molecule has 0 bridgehead atoms. The van der Waals surface area contributed by atoms with Gasteiger partial charge >= 0.3 is 0 Å². The molecule has 0 aliphatic carbocycles. The first kappa shape index (κ1) is 9.82. The Balaban J connectivity index is 2.56. The molecule has 0 fully saturated rings. The van der Waals surface area contributed by atoms with E-state index >= 15 is 0 Å². The summed E-state index contributed by atoms with van der Waals surface area (Å²) in [7, 11) is 0. The lowest BCUT2D eigenvalue weighted by atomic mass is 10.6. The van der Waals surface area contributed by atoms with Gasteiger partial charge in [0.25, 0.3) is 0 Å². The lowest BCUT2D eigenvalue weighted by Crippen LogP contribution is -2.14. The molecule has 0 aromatic carbocycles. The number of nitrogens with one attached hydrogen (secondary N) is 1. The Morgan fingerprint density at radius 3 is 2.38 bits per heavy atom. The summed E-state index contributed by atoms with van der Waals surface area (Å²) >= 11 is 0. The van der Waals surface area contributed by atoms with Crippen molar-refractivity contribution in [2.24, 2.45) is 5.73 Å². The monoisotopic (exact) mass is 183 g/mol. The Morgan fingerprint density at radius 2 is 1.85 bits per heavy atom. The third kappa shape index (κ3) is 3.30. The van der Waals surface area contributed by atoms with Crippen LogP contribution < -0.4 is 11.1 Å². The van der Waals surface area contributed by atoms with Crippen LogP contribution >= 0.6 is 0 Å². The summed E-state index contributed by atoms with van der Waals surface area (Å²) < 4.78 is 4.88. The van der Waals surface area contributed by atoms with Crippen molar-refractivity contribution < 1.29 is 4.74 Å². The number of nitrogens with two attached hydrogens (primary N) is 1. The van der Waals surface area contributed by atoms with Crippen LogP contribution in [0.1, 0.15) is 11.6 Å². The highest BCUT2D eigenvalue weighted by Crippen LogP contribution is 1.98. The molecule has 72 valence electrons. The fourth-order valence-corrected chi connectivity index (χ4v) is 0.869. The molecular weight excluding hydrogens is 170 g/mol. The number of hydrogen-bond acceptors (Lipinski definition) is 6. The molecule has 0 amide bonds. The molecule has 0 saturated heterocycles. The highest BCUT2D eigenvalue weighted by molar-refractivity contribution is 5.22. The second-order valence-corrected chi connectivity index (χ2v) is 2.45. The number of rotatable bonds is 4. The van der Waals surface area contributed by atoms with Gasteiger partial charge in [-0.05, 0) is 13.8 Å². The van der Waals surface area contributed by atoms with Crippen LogP contribution in [0.3, 0.4) is 0 Å². The molecule has 1 rings (SSSR count). The molecule has 6 nitrogen and oxygen atoms in total. The summed E-state index contributed by atoms with van der Waals surface area (Å²) in [6.45, 7) is 4.10. The summed E-state index contributed by atoms with van der Waals surface area (Å²) in [5.74, 6) is 1.88. The highest BCUT2D eigenvalue weighted by atomic mass is 16.5. The molecule has 3 N–H and O–H groups in total. The fourth-order valence-electron chi connectivity index (χ4n) is 0.869. The Morgan fingerprint density at radius 1 is 1.23 bits per heavy atom. The molecule has 0 radical (unpaired) electrons. The summed E-state index contributed by atoms with van der Waals surface area (Å²) in [5.41, 5.74) is 5.14. The largest absolute Gasteiger partial charge is 0.346 e. The maximum Gasteiger partial charge on any atom is 0.227 e. The van der Waals surface area contributed by atoms with Gasteiger partial charge in [0, 0.05) is 0 Å². The van der Waals surface area contributed by atoms with E-state index in [0.29, 0.717) is 24.3 Å². The Hall–Kier alpha value is -1.27. The minimum absolute atomic E-state index is 0.177. The van der Waals surface area contributed by atoms with Gasteiger partial charge in [0.2, 0.25) is 5.95 Å². The van der Waals surface area contributed by atoms with Crippen LogP contribution in [0.2, 0.25) is 0 Å². The quantitative estimate of drug-likeness (QED) is 0.496. The minimum Gasteiger partial charge on any atom is -0.346 e. The van der Waals surface area contributed by atoms with Gasteiger partial charge in [-0.15, -0.1) is 0 Å². The average Bonchev–Trinajstić information content (AvgIpc) is 2.03. The lowest BCUT2D eigenvalue weighted by Gasteiger charge is -2.04. The lowest BCUT2D eigenvalue weighted by molar-refractivity contribution is 0.159. The van der Waals surface area contributed by atoms with Crippen LogP contribution in [-0.2, 0) is 4.74 Å². The zero-order valence-electron chi connectivity index (χ0n) is 7.74. The first-order valence-corrected chi connectivity index (χ1v) is 3.93. The zero-order chi connectivity index (χ0) is 9.68. The molecule has 0 aliphatic rings. The van der Waals surface area contributed by atoms with Gasteiger partial charge in [0.05, 0.1) is 6.73 Å². The van der Waals surface area contributed by atoms with E-state index in [2.05, 4.69) is 20.3 Å². The van der Waals surface area contributed by atoms with Crippen molar-refractivity contribution in [2.45, 2.75) is 13.8 Å². The highest BCUT2D eigenvalue weighted by Gasteiger charge is 1.98. The van der Waals surface area contributed by atoms with Crippen LogP contribution in [0, 0.1) is 13.8 Å². The van der Waals surface area contributed by atoms with E-state index in [1.165, 1.54) is 0 Å². The maximum absolute atomic E-state index is 5.14. The number of aromatic nitrogens is 3. The van der Waals surface area contributed by atoms with Crippen molar-refractivity contribution in [3.05, 3.63) is 11.6 Å². The molecule has 1 heterocycles. The predicted molar refractivity (Wildman–Crippen MR) is 47.9 cm³/mol. The topological polar surface area (TPSA) is 86.0 Å². The molecule has 1 aromatic heterocycles. The summed E-state index contributed by atoms with van der Waals surface area (Å²) in [6.07, 6.45) is 0. The van der Waals surface area contributed by atoms with E-state index in [9.17, 15) is 0 Å². The van der Waals surface area contributed by atoms with Crippen molar-refractivity contribution in [3.8, 4) is 0 Å². The predicted octanol–water partition coefficient (Wildman–Crippen LogP) is -0.209. The molecule has 0 atom stereocenters. The van der Waals surface area contributed by atoms with Crippen molar-refractivity contribution in [3.63, 3.8) is 0 Å². The van der Waals surface area contributed by atoms with Crippen molar-refractivity contribution in [2.75, 3.05) is 18.8 Å². The van der Waals surface area contributed by atoms with Crippen LogP contribution in [0.5, 0.6) is 0 Å². The van der Waals surface area contributed by atoms with E-state index < -0.39 is 0 Å². The number of ether oxygens (including phenoxy) is 1. The summed E-state index contributed by atoms with van der Waals surface area (Å²) in [4.78, 5) is 12.1. The molecular formula is C7H13N5O. The van der Waals surface area contributed by atoms with Gasteiger partial charge < -0.3 is 15.8 Å². The molecule has 6 heteroatoms. The molecule has 0 aliphatic heterocycles. The average molecular weight is 183 g/mol. The first-order valence-electron chi connectivity index (χ1n) is 3.93. The molecule has 1 aromatic rings. The molecule has 0 saturated carbocycles. The van der Waals surface area contributed by atoms with Crippen LogP contribution in [0.4, 0.5) is 5.95 Å². The maximum atomic E-state index is 5.14. The van der Waals surface area contributed by atoms with Gasteiger partial charge in [-0.3, -0.25) is 0 Å². The van der Waals surface area contributed by atoms with E-state index in [-0.39, 0.29) is 6.73 Å². The van der Waals surface area contributed by atoms with Gasteiger partial charge in [-0.2, -0.15) is 9.97 Å². The fraction of sp³-hybridized carbons (Fsp3) is 0.571. The standard InChI is InChI=1S/C7H13N5O/c1-5-10-6(2)12-7(11-5)9-4-13-3-8/h3-4,8H2,1-2H3,(H,9,10,11,12). The van der Waals surface area contributed by atoms with E-state index in [4.69, 9.17) is 10.5 Å². The van der Waals surface area contributed by atoms with Gasteiger partial charge in [0.1, 0.15) is 18.4 Å². The number of nitrogens with zero attached hydrogens (tertiary/aromatic N) is 3. The second kappa shape index (κ2) is 4.68. The third-order valence-electron chi connectivity index (χ3n) is 1.31. The minimum atomic E-state index is 0.177. The van der Waals surface area contributed by atoms with E-state index in [1.54, 1.807) is 0 Å². The van der Waals surface area contributed by atoms with Crippen molar-refractivity contribution >= 4 is 5.95 Å². The van der Waals surface area contributed by atoms with E-state index in [0.717, 1.165) is 0 Å². The smallest absolute Gasteiger partial charge is 0.227 e. The third-order valence-corrected chi connectivity index (χ3v) is 1.31. The Labute approximate surface area is 76.6 Å².